The SMILES string of the molecule is CC(C)[C@@H](NC(=O)Cc1cc2c(cc1Cl)OCCO2)c1cccnc1. The van der Waals surface area contributed by atoms with E-state index in [0.717, 1.165) is 11.1 Å². The minimum atomic E-state index is -0.0998. The van der Waals surface area contributed by atoms with Crippen LogP contribution in [0.15, 0.2) is 36.7 Å². The van der Waals surface area contributed by atoms with Crippen LogP contribution >= 0.6 is 11.6 Å². The molecule has 0 fully saturated rings. The third kappa shape index (κ3) is 4.23. The van der Waals surface area contributed by atoms with Gasteiger partial charge in [-0.2, -0.15) is 0 Å². The number of ether oxygens (including phenoxy) is 2. The van der Waals surface area contributed by atoms with Gasteiger partial charge in [-0.1, -0.05) is 31.5 Å². The summed E-state index contributed by atoms with van der Waals surface area (Å²) < 4.78 is 11.1. The summed E-state index contributed by atoms with van der Waals surface area (Å²) in [6.07, 6.45) is 3.68. The lowest BCUT2D eigenvalue weighted by molar-refractivity contribution is -0.121. The van der Waals surface area contributed by atoms with Crippen molar-refractivity contribution in [2.75, 3.05) is 13.2 Å². The van der Waals surface area contributed by atoms with Crippen LogP contribution in [0.3, 0.4) is 0 Å². The molecule has 1 aromatic heterocycles. The normalized spacial score (nSPS) is 14.2. The zero-order valence-corrected chi connectivity index (χ0v) is 15.0. The second-order valence-electron chi connectivity index (χ2n) is 6.34. The van der Waals surface area contributed by atoms with Crippen molar-refractivity contribution in [3.63, 3.8) is 0 Å². The van der Waals surface area contributed by atoms with E-state index in [0.29, 0.717) is 29.7 Å². The lowest BCUT2D eigenvalue weighted by atomic mass is 9.97. The Hall–Kier alpha value is -2.27. The smallest absolute Gasteiger partial charge is 0.224 e. The molecule has 1 aliphatic rings. The topological polar surface area (TPSA) is 60.5 Å². The first kappa shape index (κ1) is 17.5. The second-order valence-corrected chi connectivity index (χ2v) is 6.75. The summed E-state index contributed by atoms with van der Waals surface area (Å²) in [5, 5.41) is 3.58. The molecule has 1 amide bonds. The van der Waals surface area contributed by atoms with E-state index in [4.69, 9.17) is 21.1 Å². The molecule has 1 aromatic carbocycles. The number of benzene rings is 1. The number of nitrogens with one attached hydrogen (secondary N) is 1. The Labute approximate surface area is 152 Å². The van der Waals surface area contributed by atoms with Crippen molar-refractivity contribution in [2.45, 2.75) is 26.3 Å². The number of nitrogens with zero attached hydrogens (tertiary/aromatic N) is 1. The summed E-state index contributed by atoms with van der Waals surface area (Å²) >= 11 is 6.30. The van der Waals surface area contributed by atoms with Crippen LogP contribution < -0.4 is 14.8 Å². The molecule has 1 atom stereocenters. The van der Waals surface area contributed by atoms with E-state index in [1.54, 1.807) is 24.5 Å². The molecule has 0 bridgehead atoms. The fraction of sp³-hybridized carbons (Fsp3) is 0.368. The Morgan fingerprint density at radius 2 is 2.00 bits per heavy atom. The molecule has 1 N–H and O–H groups in total. The van der Waals surface area contributed by atoms with Gasteiger partial charge in [0.05, 0.1) is 12.5 Å². The Kier molecular flexibility index (Phi) is 5.43. The lowest BCUT2D eigenvalue weighted by Crippen LogP contribution is -2.33. The molecule has 2 aromatic rings. The van der Waals surface area contributed by atoms with Crippen LogP contribution in [0.2, 0.25) is 5.02 Å². The number of hydrogen-bond donors (Lipinski definition) is 1. The number of fused-ring (bicyclic) bond motifs is 1. The third-order valence-electron chi connectivity index (χ3n) is 4.09. The summed E-state index contributed by atoms with van der Waals surface area (Å²) in [6, 6.07) is 7.23. The molecule has 1 aliphatic heterocycles. The maximum absolute atomic E-state index is 12.6. The Bertz CT molecular complexity index is 750. The first-order valence-electron chi connectivity index (χ1n) is 8.32. The lowest BCUT2D eigenvalue weighted by Gasteiger charge is -2.23. The monoisotopic (exact) mass is 360 g/mol. The Morgan fingerprint density at radius 3 is 2.64 bits per heavy atom. The highest BCUT2D eigenvalue weighted by Gasteiger charge is 2.21. The fourth-order valence-corrected chi connectivity index (χ4v) is 3.05. The quantitative estimate of drug-likeness (QED) is 0.885. The van der Waals surface area contributed by atoms with Crippen molar-refractivity contribution in [1.82, 2.24) is 10.3 Å². The Balaban J connectivity index is 1.73. The van der Waals surface area contributed by atoms with Gasteiger partial charge in [0.25, 0.3) is 0 Å². The minimum Gasteiger partial charge on any atom is -0.486 e. The van der Waals surface area contributed by atoms with Crippen molar-refractivity contribution >= 4 is 17.5 Å². The predicted octanol–water partition coefficient (Wildman–Crippen LogP) is 3.56. The number of carbonyl (C=O) groups is 1. The van der Waals surface area contributed by atoms with E-state index in [1.807, 2.05) is 12.1 Å². The van der Waals surface area contributed by atoms with Crippen LogP contribution in [-0.2, 0) is 11.2 Å². The van der Waals surface area contributed by atoms with Crippen LogP contribution in [0.4, 0.5) is 0 Å². The molecular formula is C19H21ClN2O3. The average molecular weight is 361 g/mol. The molecule has 0 saturated heterocycles. The van der Waals surface area contributed by atoms with Crippen LogP contribution in [0.5, 0.6) is 11.5 Å². The number of rotatable bonds is 5. The number of carbonyl (C=O) groups excluding carboxylic acids is 1. The number of hydrogen-bond acceptors (Lipinski definition) is 4. The zero-order chi connectivity index (χ0) is 17.8. The standard InChI is InChI=1S/C19H21ClN2O3/c1-12(2)19(13-4-3-5-21-11-13)22-18(23)9-14-8-16-17(10-15(14)20)25-7-6-24-16/h3-5,8,10-12,19H,6-7,9H2,1-2H3,(H,22,23)/t19-/m1/s1. The fourth-order valence-electron chi connectivity index (χ4n) is 2.83. The predicted molar refractivity (Wildman–Crippen MR) is 96.1 cm³/mol. The average Bonchev–Trinajstić information content (AvgIpc) is 2.61. The van der Waals surface area contributed by atoms with E-state index >= 15 is 0 Å². The first-order valence-corrected chi connectivity index (χ1v) is 8.69. The molecule has 2 heterocycles. The summed E-state index contributed by atoms with van der Waals surface area (Å²) in [5.41, 5.74) is 1.70. The van der Waals surface area contributed by atoms with Crippen molar-refractivity contribution in [1.29, 1.82) is 0 Å². The molecule has 0 unspecified atom stereocenters. The van der Waals surface area contributed by atoms with Gasteiger partial charge in [0, 0.05) is 23.5 Å². The Morgan fingerprint density at radius 1 is 1.28 bits per heavy atom. The number of aromatic nitrogens is 1. The van der Waals surface area contributed by atoms with Crippen molar-refractivity contribution in [3.05, 3.63) is 52.8 Å². The van der Waals surface area contributed by atoms with Crippen LogP contribution in [0.1, 0.15) is 31.0 Å². The van der Waals surface area contributed by atoms with Crippen LogP contribution in [0, 0.1) is 5.92 Å². The highest BCUT2D eigenvalue weighted by atomic mass is 35.5. The number of halogens is 1. The van der Waals surface area contributed by atoms with Crippen LogP contribution in [0.25, 0.3) is 0 Å². The molecule has 0 saturated carbocycles. The molecule has 0 aliphatic carbocycles. The van der Waals surface area contributed by atoms with Gasteiger partial charge in [-0.05, 0) is 29.2 Å². The van der Waals surface area contributed by atoms with Gasteiger partial charge >= 0.3 is 0 Å². The zero-order valence-electron chi connectivity index (χ0n) is 14.3. The first-order chi connectivity index (χ1) is 12.0. The van der Waals surface area contributed by atoms with Gasteiger partial charge in [0.1, 0.15) is 13.2 Å². The van der Waals surface area contributed by atoms with Crippen LogP contribution in [-0.4, -0.2) is 24.1 Å². The van der Waals surface area contributed by atoms with E-state index in [-0.39, 0.29) is 24.3 Å². The molecule has 0 spiro atoms. The maximum Gasteiger partial charge on any atom is 0.224 e. The largest absolute Gasteiger partial charge is 0.486 e. The number of amides is 1. The third-order valence-corrected chi connectivity index (χ3v) is 4.44. The van der Waals surface area contributed by atoms with Crippen molar-refractivity contribution < 1.29 is 14.3 Å². The maximum atomic E-state index is 12.6. The van der Waals surface area contributed by atoms with Gasteiger partial charge in [0.2, 0.25) is 5.91 Å². The molecule has 6 heteroatoms. The van der Waals surface area contributed by atoms with E-state index in [9.17, 15) is 4.79 Å². The highest BCUT2D eigenvalue weighted by molar-refractivity contribution is 6.31. The second kappa shape index (κ2) is 7.74. The molecule has 0 radical (unpaired) electrons. The molecular weight excluding hydrogens is 340 g/mol. The van der Waals surface area contributed by atoms with Gasteiger partial charge in [-0.3, -0.25) is 9.78 Å². The van der Waals surface area contributed by atoms with Crippen molar-refractivity contribution in [2.24, 2.45) is 5.92 Å². The highest BCUT2D eigenvalue weighted by Crippen LogP contribution is 2.35. The summed E-state index contributed by atoms with van der Waals surface area (Å²) in [4.78, 5) is 16.7. The summed E-state index contributed by atoms with van der Waals surface area (Å²) in [7, 11) is 0. The summed E-state index contributed by atoms with van der Waals surface area (Å²) in [6.45, 7) is 5.13. The minimum absolute atomic E-state index is 0.0962. The van der Waals surface area contributed by atoms with E-state index < -0.39 is 0 Å². The van der Waals surface area contributed by atoms with Gasteiger partial charge in [-0.15, -0.1) is 0 Å². The number of pyridine rings is 1. The molecule has 25 heavy (non-hydrogen) atoms. The van der Waals surface area contributed by atoms with Gasteiger partial charge < -0.3 is 14.8 Å². The van der Waals surface area contributed by atoms with E-state index in [2.05, 4.69) is 24.1 Å². The van der Waals surface area contributed by atoms with Gasteiger partial charge in [-0.25, -0.2) is 0 Å². The van der Waals surface area contributed by atoms with Gasteiger partial charge in [0.15, 0.2) is 11.5 Å². The molecule has 3 rings (SSSR count). The summed E-state index contributed by atoms with van der Waals surface area (Å²) in [5.74, 6) is 1.40. The van der Waals surface area contributed by atoms with Crippen molar-refractivity contribution in [3.8, 4) is 11.5 Å². The molecule has 132 valence electrons. The molecule has 5 nitrogen and oxygen atoms in total. The van der Waals surface area contributed by atoms with E-state index in [1.165, 1.54) is 0 Å².